The molecule has 0 atom stereocenters. The molecule has 0 aliphatic rings. The van der Waals surface area contributed by atoms with E-state index in [4.69, 9.17) is 0 Å². The molecule has 0 saturated heterocycles. The second-order valence-electron chi connectivity index (χ2n) is 4.46. The summed E-state index contributed by atoms with van der Waals surface area (Å²) in [4.78, 5) is 0. The van der Waals surface area contributed by atoms with Gasteiger partial charge in [0.15, 0.2) is 0 Å². The van der Waals surface area contributed by atoms with Crippen molar-refractivity contribution in [1.29, 1.82) is 0 Å². The first-order chi connectivity index (χ1) is 7.79. The number of alkyl halides is 3. The number of halogens is 3. The fourth-order valence-electron chi connectivity index (χ4n) is 1.66. The molecule has 0 heterocycles. The molecule has 0 aliphatic carbocycles. The minimum absolute atomic E-state index is 0.00725. The molecule has 1 nitrogen and oxygen atoms in total. The summed E-state index contributed by atoms with van der Waals surface area (Å²) in [7, 11) is 0. The minimum Gasteiger partial charge on any atom is -0.367 e. The quantitative estimate of drug-likeness (QED) is 0.773. The summed E-state index contributed by atoms with van der Waals surface area (Å²) in [5, 5.41) is 0. The topological polar surface area (TPSA) is 9.23 Å². The van der Waals surface area contributed by atoms with Crippen LogP contribution in [0.25, 0.3) is 0 Å². The highest BCUT2D eigenvalue weighted by molar-refractivity contribution is 5.33. The molecule has 1 aromatic carbocycles. The molecule has 0 amide bonds. The summed E-state index contributed by atoms with van der Waals surface area (Å²) < 4.78 is 40.6. The van der Waals surface area contributed by atoms with Crippen molar-refractivity contribution in [2.45, 2.75) is 39.5 Å². The predicted octanol–water partition coefficient (Wildman–Crippen LogP) is 4.20. The lowest BCUT2D eigenvalue weighted by Gasteiger charge is -2.14. The van der Waals surface area contributed by atoms with Crippen LogP contribution in [0.5, 0.6) is 0 Å². The summed E-state index contributed by atoms with van der Waals surface area (Å²) in [6.07, 6.45) is -4.26. The van der Waals surface area contributed by atoms with Crippen LogP contribution in [0.3, 0.4) is 0 Å². The lowest BCUT2D eigenvalue weighted by Crippen LogP contribution is -2.17. The van der Waals surface area contributed by atoms with E-state index >= 15 is 0 Å². The Labute approximate surface area is 99.6 Å². The van der Waals surface area contributed by atoms with Crippen molar-refractivity contribution in [2.24, 2.45) is 0 Å². The molecule has 0 aromatic heterocycles. The molecular weight excluding hydrogens is 229 g/mol. The number of rotatable bonds is 4. The second kappa shape index (κ2) is 5.54. The van der Waals surface area contributed by atoms with Gasteiger partial charge in [0.25, 0.3) is 0 Å². The fraction of sp³-hybridized carbons (Fsp3) is 0.538. The van der Waals surface area contributed by atoms with Crippen LogP contribution >= 0.6 is 0 Å². The highest BCUT2D eigenvalue weighted by atomic mass is 19.4. The van der Waals surface area contributed by atoms with E-state index in [9.17, 15) is 13.2 Å². The van der Waals surface area contributed by atoms with E-state index < -0.39 is 12.8 Å². The van der Waals surface area contributed by atoms with Crippen molar-refractivity contribution in [3.8, 4) is 0 Å². The average molecular weight is 246 g/mol. The Kier molecular flexibility index (Phi) is 4.57. The molecule has 0 aliphatic heterocycles. The smallest absolute Gasteiger partial charge is 0.367 e. The summed E-state index contributed by atoms with van der Waals surface area (Å²) in [5.41, 5.74) is 2.98. The first-order valence-electron chi connectivity index (χ1n) is 5.53. The van der Waals surface area contributed by atoms with Crippen LogP contribution in [0.15, 0.2) is 18.2 Å². The molecule has 0 fully saturated rings. The van der Waals surface area contributed by atoms with Gasteiger partial charge in [0.2, 0.25) is 0 Å². The van der Waals surface area contributed by atoms with Crippen LogP contribution in [0.4, 0.5) is 13.2 Å². The Balaban J connectivity index is 2.70. The van der Waals surface area contributed by atoms with Crippen molar-refractivity contribution in [3.63, 3.8) is 0 Å². The van der Waals surface area contributed by atoms with Crippen LogP contribution in [0, 0.1) is 6.92 Å². The molecule has 4 heteroatoms. The van der Waals surface area contributed by atoms with E-state index in [2.05, 4.69) is 4.74 Å². The van der Waals surface area contributed by atoms with E-state index in [1.54, 1.807) is 0 Å². The van der Waals surface area contributed by atoms with E-state index in [1.807, 2.05) is 39.0 Å². The first-order valence-corrected chi connectivity index (χ1v) is 5.53. The van der Waals surface area contributed by atoms with Crippen molar-refractivity contribution in [2.75, 3.05) is 6.61 Å². The number of ether oxygens (including phenoxy) is 1. The van der Waals surface area contributed by atoms with E-state index in [0.717, 1.165) is 16.7 Å². The number of aryl methyl sites for hydroxylation is 1. The number of hydrogen-bond acceptors (Lipinski definition) is 1. The van der Waals surface area contributed by atoms with Crippen molar-refractivity contribution < 1.29 is 17.9 Å². The maximum absolute atomic E-state index is 12.0. The Hall–Kier alpha value is -1.03. The zero-order valence-electron chi connectivity index (χ0n) is 10.3. The van der Waals surface area contributed by atoms with Crippen LogP contribution in [0.1, 0.15) is 36.5 Å². The Morgan fingerprint density at radius 2 is 1.88 bits per heavy atom. The van der Waals surface area contributed by atoms with Gasteiger partial charge in [-0.25, -0.2) is 0 Å². The monoisotopic (exact) mass is 246 g/mol. The second-order valence-corrected chi connectivity index (χ2v) is 4.46. The van der Waals surface area contributed by atoms with Crippen LogP contribution in [-0.4, -0.2) is 12.8 Å². The van der Waals surface area contributed by atoms with Gasteiger partial charge in [0.1, 0.15) is 6.61 Å². The highest BCUT2D eigenvalue weighted by Gasteiger charge is 2.27. The molecule has 0 unspecified atom stereocenters. The van der Waals surface area contributed by atoms with Gasteiger partial charge in [-0.2, -0.15) is 13.2 Å². The molecule has 17 heavy (non-hydrogen) atoms. The lowest BCUT2D eigenvalue weighted by atomic mass is 9.96. The summed E-state index contributed by atoms with van der Waals surface area (Å²) in [6.45, 7) is 4.81. The average Bonchev–Trinajstić information content (AvgIpc) is 2.18. The SMILES string of the molecule is Cc1ccc(COCC(F)(F)F)c(C(C)C)c1. The summed E-state index contributed by atoms with van der Waals surface area (Å²) in [5.74, 6) is 0.277. The zero-order chi connectivity index (χ0) is 13.1. The highest BCUT2D eigenvalue weighted by Crippen LogP contribution is 2.23. The normalized spacial score (nSPS) is 12.2. The van der Waals surface area contributed by atoms with Crippen molar-refractivity contribution in [1.82, 2.24) is 0 Å². The van der Waals surface area contributed by atoms with Gasteiger partial charge in [0.05, 0.1) is 6.61 Å². The Morgan fingerprint density at radius 1 is 1.24 bits per heavy atom. The molecule has 96 valence electrons. The van der Waals surface area contributed by atoms with Gasteiger partial charge in [0, 0.05) is 0 Å². The van der Waals surface area contributed by atoms with Gasteiger partial charge >= 0.3 is 6.18 Å². The Morgan fingerprint density at radius 3 is 2.41 bits per heavy atom. The molecule has 0 bridgehead atoms. The van der Waals surface area contributed by atoms with E-state index in [-0.39, 0.29) is 12.5 Å². The zero-order valence-corrected chi connectivity index (χ0v) is 10.3. The summed E-state index contributed by atoms with van der Waals surface area (Å²) >= 11 is 0. The summed E-state index contributed by atoms with van der Waals surface area (Å²) in [6, 6.07) is 5.72. The van der Waals surface area contributed by atoms with Gasteiger partial charge in [-0.15, -0.1) is 0 Å². The van der Waals surface area contributed by atoms with Crippen molar-refractivity contribution >= 4 is 0 Å². The fourth-order valence-corrected chi connectivity index (χ4v) is 1.66. The van der Waals surface area contributed by atoms with Crippen molar-refractivity contribution in [3.05, 3.63) is 34.9 Å². The molecule has 1 aromatic rings. The van der Waals surface area contributed by atoms with Crippen LogP contribution < -0.4 is 0 Å². The van der Waals surface area contributed by atoms with Crippen LogP contribution in [0.2, 0.25) is 0 Å². The molecule has 0 N–H and O–H groups in total. The van der Waals surface area contributed by atoms with Gasteiger partial charge in [-0.1, -0.05) is 37.6 Å². The van der Waals surface area contributed by atoms with Gasteiger partial charge in [-0.05, 0) is 24.0 Å². The van der Waals surface area contributed by atoms with Gasteiger partial charge in [-0.3, -0.25) is 0 Å². The van der Waals surface area contributed by atoms with Gasteiger partial charge < -0.3 is 4.74 Å². The Bertz CT molecular complexity index is 369. The maximum Gasteiger partial charge on any atom is 0.411 e. The van der Waals surface area contributed by atoms with Crippen LogP contribution in [-0.2, 0) is 11.3 Å². The lowest BCUT2D eigenvalue weighted by molar-refractivity contribution is -0.176. The molecule has 1 rings (SSSR count). The number of benzene rings is 1. The third-order valence-electron chi connectivity index (χ3n) is 2.45. The number of hydrogen-bond donors (Lipinski definition) is 0. The third-order valence-corrected chi connectivity index (χ3v) is 2.45. The first kappa shape index (κ1) is 14.0. The largest absolute Gasteiger partial charge is 0.411 e. The predicted molar refractivity (Wildman–Crippen MR) is 61.0 cm³/mol. The molecule has 0 saturated carbocycles. The molecule has 0 radical (unpaired) electrons. The third kappa shape index (κ3) is 4.77. The molecular formula is C13H17F3O. The van der Waals surface area contributed by atoms with E-state index in [1.165, 1.54) is 0 Å². The minimum atomic E-state index is -4.26. The standard InChI is InChI=1S/C13H17F3O/c1-9(2)12-6-10(3)4-5-11(12)7-17-8-13(14,15)16/h4-6,9H,7-8H2,1-3H3. The maximum atomic E-state index is 12.0. The molecule has 0 spiro atoms. The van der Waals surface area contributed by atoms with E-state index in [0.29, 0.717) is 0 Å².